The Labute approximate surface area is 151 Å². The minimum atomic E-state index is 0.424. The average molecular weight is 350 g/mol. The molecule has 3 aromatic rings. The summed E-state index contributed by atoms with van der Waals surface area (Å²) in [5.74, 6) is 1.47. The molecule has 1 aromatic carbocycles. The summed E-state index contributed by atoms with van der Waals surface area (Å²) in [7, 11) is 0. The molecule has 6 heteroatoms. The van der Waals surface area contributed by atoms with Gasteiger partial charge in [0.2, 0.25) is 0 Å². The lowest BCUT2D eigenvalue weighted by Gasteiger charge is -2.05. The van der Waals surface area contributed by atoms with Crippen LogP contribution in [0.2, 0.25) is 0 Å². The molecule has 2 heterocycles. The first kappa shape index (κ1) is 16.9. The Morgan fingerprint density at radius 3 is 2.80 bits per heavy atom. The summed E-state index contributed by atoms with van der Waals surface area (Å²) in [6.07, 6.45) is 3.34. The Bertz CT molecular complexity index is 874. The van der Waals surface area contributed by atoms with Crippen LogP contribution >= 0.6 is 12.2 Å². The lowest BCUT2D eigenvalue weighted by molar-refractivity contribution is 0.574. The average Bonchev–Trinajstić information content (AvgIpc) is 3.10. The van der Waals surface area contributed by atoms with Gasteiger partial charge in [-0.1, -0.05) is 30.3 Å². The summed E-state index contributed by atoms with van der Waals surface area (Å²) >= 11 is 5.17. The van der Waals surface area contributed by atoms with E-state index in [0.717, 1.165) is 17.0 Å². The van der Waals surface area contributed by atoms with Crippen LogP contribution in [0, 0.1) is 6.92 Å². The molecule has 0 radical (unpaired) electrons. The van der Waals surface area contributed by atoms with Gasteiger partial charge in [-0.3, -0.25) is 10.4 Å². The zero-order valence-electron chi connectivity index (χ0n) is 13.8. The summed E-state index contributed by atoms with van der Waals surface area (Å²) in [5, 5.41) is 7.55. The van der Waals surface area contributed by atoms with Crippen molar-refractivity contribution in [2.75, 3.05) is 0 Å². The molecule has 0 bridgehead atoms. The van der Waals surface area contributed by atoms with Gasteiger partial charge >= 0.3 is 0 Å². The molecule has 3 rings (SSSR count). The van der Waals surface area contributed by atoms with Gasteiger partial charge in [-0.2, -0.15) is 5.10 Å². The Kier molecular flexibility index (Phi) is 5.53. The zero-order chi connectivity index (χ0) is 17.5. The van der Waals surface area contributed by atoms with Crippen molar-refractivity contribution in [3.8, 4) is 11.3 Å². The SMILES string of the molecule is Cc1ccccc1-c1ccc(/C=N/NC(=S)NCc2ccccn2)o1. The van der Waals surface area contributed by atoms with E-state index in [0.29, 0.717) is 17.4 Å². The van der Waals surface area contributed by atoms with E-state index >= 15 is 0 Å². The van der Waals surface area contributed by atoms with E-state index in [1.165, 1.54) is 5.56 Å². The van der Waals surface area contributed by atoms with Gasteiger partial charge in [-0.05, 0) is 49.0 Å². The van der Waals surface area contributed by atoms with Gasteiger partial charge in [0.1, 0.15) is 11.5 Å². The minimum absolute atomic E-state index is 0.424. The second-order valence-electron chi connectivity index (χ2n) is 5.39. The van der Waals surface area contributed by atoms with Crippen molar-refractivity contribution in [1.82, 2.24) is 15.7 Å². The van der Waals surface area contributed by atoms with Crippen molar-refractivity contribution in [3.05, 3.63) is 77.8 Å². The highest BCUT2D eigenvalue weighted by Gasteiger charge is 2.05. The third-order valence-corrected chi connectivity index (χ3v) is 3.79. The minimum Gasteiger partial charge on any atom is -0.455 e. The lowest BCUT2D eigenvalue weighted by Crippen LogP contribution is -2.31. The van der Waals surface area contributed by atoms with Gasteiger partial charge in [-0.15, -0.1) is 0 Å². The number of benzene rings is 1. The van der Waals surface area contributed by atoms with E-state index in [4.69, 9.17) is 16.6 Å². The molecule has 0 aliphatic rings. The van der Waals surface area contributed by atoms with Crippen LogP contribution in [0.1, 0.15) is 17.0 Å². The fraction of sp³-hybridized carbons (Fsp3) is 0.105. The van der Waals surface area contributed by atoms with E-state index in [9.17, 15) is 0 Å². The molecular weight excluding hydrogens is 332 g/mol. The number of aromatic nitrogens is 1. The molecule has 0 spiro atoms. The summed E-state index contributed by atoms with van der Waals surface area (Å²) in [6, 6.07) is 17.6. The van der Waals surface area contributed by atoms with Crippen LogP contribution in [0.4, 0.5) is 0 Å². The molecule has 0 saturated carbocycles. The molecular formula is C19H18N4OS. The van der Waals surface area contributed by atoms with Crippen molar-refractivity contribution in [2.24, 2.45) is 5.10 Å². The summed E-state index contributed by atoms with van der Waals surface area (Å²) in [4.78, 5) is 4.21. The molecule has 0 amide bonds. The van der Waals surface area contributed by atoms with E-state index in [1.807, 2.05) is 48.5 Å². The molecule has 0 unspecified atom stereocenters. The number of nitrogens with zero attached hydrogens (tertiary/aromatic N) is 2. The number of hydrazone groups is 1. The molecule has 25 heavy (non-hydrogen) atoms. The molecule has 0 fully saturated rings. The summed E-state index contributed by atoms with van der Waals surface area (Å²) in [6.45, 7) is 2.60. The highest BCUT2D eigenvalue weighted by atomic mass is 32.1. The normalized spacial score (nSPS) is 10.8. The highest BCUT2D eigenvalue weighted by molar-refractivity contribution is 7.80. The van der Waals surface area contributed by atoms with Gasteiger partial charge < -0.3 is 9.73 Å². The molecule has 0 atom stereocenters. The maximum absolute atomic E-state index is 5.80. The van der Waals surface area contributed by atoms with Gasteiger partial charge in [0, 0.05) is 11.8 Å². The predicted molar refractivity (Wildman–Crippen MR) is 103 cm³/mol. The second-order valence-corrected chi connectivity index (χ2v) is 5.80. The smallest absolute Gasteiger partial charge is 0.187 e. The van der Waals surface area contributed by atoms with Gasteiger partial charge in [0.15, 0.2) is 5.11 Å². The van der Waals surface area contributed by atoms with Crippen molar-refractivity contribution < 1.29 is 4.42 Å². The maximum atomic E-state index is 5.80. The van der Waals surface area contributed by atoms with Crippen LogP contribution in [0.5, 0.6) is 0 Å². The first-order valence-electron chi connectivity index (χ1n) is 7.85. The number of hydrogen-bond acceptors (Lipinski definition) is 4. The predicted octanol–water partition coefficient (Wildman–Crippen LogP) is 3.65. The number of pyridine rings is 1. The van der Waals surface area contributed by atoms with E-state index in [2.05, 4.69) is 33.8 Å². The highest BCUT2D eigenvalue weighted by Crippen LogP contribution is 2.24. The lowest BCUT2D eigenvalue weighted by atomic mass is 10.1. The molecule has 2 aromatic heterocycles. The van der Waals surface area contributed by atoms with Crippen LogP contribution < -0.4 is 10.7 Å². The van der Waals surface area contributed by atoms with Crippen molar-refractivity contribution in [1.29, 1.82) is 0 Å². The third-order valence-electron chi connectivity index (χ3n) is 3.55. The van der Waals surface area contributed by atoms with Crippen molar-refractivity contribution >= 4 is 23.5 Å². The van der Waals surface area contributed by atoms with Crippen LogP contribution in [0.15, 0.2) is 70.3 Å². The third kappa shape index (κ3) is 4.74. The van der Waals surface area contributed by atoms with Crippen molar-refractivity contribution in [3.63, 3.8) is 0 Å². The number of rotatable bonds is 5. The van der Waals surface area contributed by atoms with Crippen LogP contribution in [-0.4, -0.2) is 16.3 Å². The number of aryl methyl sites for hydroxylation is 1. The largest absolute Gasteiger partial charge is 0.455 e. The number of nitrogens with one attached hydrogen (secondary N) is 2. The Balaban J connectivity index is 1.53. The maximum Gasteiger partial charge on any atom is 0.187 e. The molecule has 5 nitrogen and oxygen atoms in total. The number of furan rings is 1. The fourth-order valence-electron chi connectivity index (χ4n) is 2.28. The van der Waals surface area contributed by atoms with Gasteiger partial charge in [0.05, 0.1) is 18.5 Å². The fourth-order valence-corrected chi connectivity index (χ4v) is 2.41. The Morgan fingerprint density at radius 2 is 2.00 bits per heavy atom. The first-order valence-corrected chi connectivity index (χ1v) is 8.26. The second kappa shape index (κ2) is 8.21. The van der Waals surface area contributed by atoms with Crippen molar-refractivity contribution in [2.45, 2.75) is 13.5 Å². The van der Waals surface area contributed by atoms with Gasteiger partial charge in [-0.25, -0.2) is 0 Å². The zero-order valence-corrected chi connectivity index (χ0v) is 14.6. The van der Waals surface area contributed by atoms with Crippen LogP contribution in [0.3, 0.4) is 0 Å². The van der Waals surface area contributed by atoms with Crippen LogP contribution in [0.25, 0.3) is 11.3 Å². The molecule has 2 N–H and O–H groups in total. The quantitative estimate of drug-likeness (QED) is 0.418. The van der Waals surface area contributed by atoms with E-state index in [1.54, 1.807) is 12.4 Å². The first-order chi connectivity index (χ1) is 12.2. The summed E-state index contributed by atoms with van der Waals surface area (Å²) in [5.41, 5.74) is 5.91. The number of thiocarbonyl (C=S) groups is 1. The molecule has 0 saturated heterocycles. The number of hydrogen-bond donors (Lipinski definition) is 2. The molecule has 0 aliphatic carbocycles. The Morgan fingerprint density at radius 1 is 1.16 bits per heavy atom. The standard InChI is InChI=1S/C19H18N4OS/c1-14-6-2-3-8-17(14)18-10-9-16(24-18)13-22-23-19(25)21-12-15-7-4-5-11-20-15/h2-11,13H,12H2,1H3,(H2,21,23,25)/b22-13+. The summed E-state index contributed by atoms with van der Waals surface area (Å²) < 4.78 is 5.80. The molecule has 0 aliphatic heterocycles. The van der Waals surface area contributed by atoms with Gasteiger partial charge in [0.25, 0.3) is 0 Å². The topological polar surface area (TPSA) is 62.5 Å². The Hall–Kier alpha value is -2.99. The monoisotopic (exact) mass is 350 g/mol. The van der Waals surface area contributed by atoms with E-state index in [-0.39, 0.29) is 0 Å². The van der Waals surface area contributed by atoms with Crippen LogP contribution in [-0.2, 0) is 6.54 Å². The van der Waals surface area contributed by atoms with E-state index < -0.39 is 0 Å². The molecule has 126 valence electrons.